The first-order valence-electron chi connectivity index (χ1n) is 10.9. The topological polar surface area (TPSA) is 91.0 Å². The summed E-state index contributed by atoms with van der Waals surface area (Å²) in [6.07, 6.45) is 1.97. The van der Waals surface area contributed by atoms with Crippen LogP contribution in [0.4, 0.5) is 0 Å². The van der Waals surface area contributed by atoms with Gasteiger partial charge in [-0.1, -0.05) is 6.07 Å². The number of hydrogen-bond donors (Lipinski definition) is 2. The third-order valence-electron chi connectivity index (χ3n) is 6.18. The number of likely N-dealkylation sites (tertiary alicyclic amines) is 1. The van der Waals surface area contributed by atoms with Gasteiger partial charge in [-0.2, -0.15) is 0 Å². The standard InChI is InChI=1S/C22H30N4O4/c27-20-5-4-19(21(28)24-20)30-18-3-1-2-17(14-18)22(29)26-10-6-16(7-11-26)15-25-12-8-23-9-13-25/h1-3,14,16,19,23H,4-13,15H2,(H,24,27,28). The highest BCUT2D eigenvalue weighted by Crippen LogP contribution is 2.23. The Morgan fingerprint density at radius 1 is 1.07 bits per heavy atom. The van der Waals surface area contributed by atoms with Crippen molar-refractivity contribution in [3.63, 3.8) is 0 Å². The van der Waals surface area contributed by atoms with Gasteiger partial charge in [-0.25, -0.2) is 0 Å². The Hall–Kier alpha value is -2.45. The number of amides is 3. The van der Waals surface area contributed by atoms with E-state index in [0.29, 0.717) is 23.7 Å². The number of imide groups is 1. The van der Waals surface area contributed by atoms with Gasteiger partial charge in [-0.05, 0) is 37.0 Å². The maximum atomic E-state index is 13.0. The van der Waals surface area contributed by atoms with E-state index in [1.165, 1.54) is 0 Å². The van der Waals surface area contributed by atoms with Gasteiger partial charge < -0.3 is 19.9 Å². The molecule has 3 aliphatic rings. The van der Waals surface area contributed by atoms with Crippen molar-refractivity contribution in [3.8, 4) is 5.75 Å². The molecule has 0 radical (unpaired) electrons. The van der Waals surface area contributed by atoms with Crippen LogP contribution in [0.3, 0.4) is 0 Å². The lowest BCUT2D eigenvalue weighted by Gasteiger charge is -2.36. The number of nitrogens with one attached hydrogen (secondary N) is 2. The van der Waals surface area contributed by atoms with Gasteiger partial charge in [0.15, 0.2) is 6.10 Å². The number of benzene rings is 1. The van der Waals surface area contributed by atoms with Crippen LogP contribution in [0.15, 0.2) is 24.3 Å². The molecule has 3 aliphatic heterocycles. The van der Waals surface area contributed by atoms with E-state index >= 15 is 0 Å². The van der Waals surface area contributed by atoms with Crippen LogP contribution >= 0.6 is 0 Å². The minimum Gasteiger partial charge on any atom is -0.481 e. The molecule has 8 heteroatoms. The fourth-order valence-corrected chi connectivity index (χ4v) is 4.41. The Morgan fingerprint density at radius 3 is 2.57 bits per heavy atom. The molecule has 4 rings (SSSR count). The van der Waals surface area contributed by atoms with E-state index in [-0.39, 0.29) is 18.2 Å². The summed E-state index contributed by atoms with van der Waals surface area (Å²) in [6, 6.07) is 6.98. The van der Waals surface area contributed by atoms with Crippen molar-refractivity contribution in [1.29, 1.82) is 0 Å². The second-order valence-electron chi connectivity index (χ2n) is 8.37. The second kappa shape index (κ2) is 9.57. The first-order valence-corrected chi connectivity index (χ1v) is 10.9. The summed E-state index contributed by atoms with van der Waals surface area (Å²) < 4.78 is 5.75. The molecule has 8 nitrogen and oxygen atoms in total. The number of hydrogen-bond acceptors (Lipinski definition) is 6. The lowest BCUT2D eigenvalue weighted by molar-refractivity contribution is -0.138. The number of piperazine rings is 1. The number of piperidine rings is 2. The molecule has 1 unspecified atom stereocenters. The fraction of sp³-hybridized carbons (Fsp3) is 0.591. The van der Waals surface area contributed by atoms with Crippen LogP contribution in [0.2, 0.25) is 0 Å². The van der Waals surface area contributed by atoms with E-state index in [4.69, 9.17) is 4.74 Å². The van der Waals surface area contributed by atoms with E-state index in [1.54, 1.807) is 24.3 Å². The highest BCUT2D eigenvalue weighted by molar-refractivity contribution is 6.00. The molecule has 1 aromatic rings. The lowest BCUT2D eigenvalue weighted by Crippen LogP contribution is -2.47. The summed E-state index contributed by atoms with van der Waals surface area (Å²) in [5.41, 5.74) is 0.570. The number of rotatable bonds is 5. The van der Waals surface area contributed by atoms with Crippen molar-refractivity contribution in [2.75, 3.05) is 45.8 Å². The van der Waals surface area contributed by atoms with Crippen LogP contribution in [-0.2, 0) is 9.59 Å². The van der Waals surface area contributed by atoms with Crippen molar-refractivity contribution in [1.82, 2.24) is 20.4 Å². The molecule has 1 atom stereocenters. The first-order chi connectivity index (χ1) is 14.6. The van der Waals surface area contributed by atoms with E-state index < -0.39 is 12.0 Å². The zero-order chi connectivity index (χ0) is 20.9. The van der Waals surface area contributed by atoms with Crippen LogP contribution in [0.1, 0.15) is 36.0 Å². The molecule has 3 saturated heterocycles. The van der Waals surface area contributed by atoms with Crippen molar-refractivity contribution in [2.45, 2.75) is 31.8 Å². The molecule has 0 bridgehead atoms. The smallest absolute Gasteiger partial charge is 0.267 e. The Bertz CT molecular complexity index is 785. The van der Waals surface area contributed by atoms with Gasteiger partial charge in [0.1, 0.15) is 5.75 Å². The van der Waals surface area contributed by atoms with Gasteiger partial charge >= 0.3 is 0 Å². The average molecular weight is 415 g/mol. The molecule has 3 amide bonds. The molecular weight excluding hydrogens is 384 g/mol. The maximum Gasteiger partial charge on any atom is 0.267 e. The summed E-state index contributed by atoms with van der Waals surface area (Å²) in [4.78, 5) is 40.6. The molecule has 30 heavy (non-hydrogen) atoms. The van der Waals surface area contributed by atoms with Crippen molar-refractivity contribution in [2.24, 2.45) is 5.92 Å². The Morgan fingerprint density at radius 2 is 1.83 bits per heavy atom. The van der Waals surface area contributed by atoms with Crippen LogP contribution in [0, 0.1) is 5.92 Å². The quantitative estimate of drug-likeness (QED) is 0.687. The van der Waals surface area contributed by atoms with Crippen LogP contribution in [0.5, 0.6) is 5.75 Å². The van der Waals surface area contributed by atoms with Crippen LogP contribution in [0.25, 0.3) is 0 Å². The lowest BCUT2D eigenvalue weighted by atomic mass is 9.95. The molecule has 0 saturated carbocycles. The monoisotopic (exact) mass is 414 g/mol. The fourth-order valence-electron chi connectivity index (χ4n) is 4.41. The zero-order valence-corrected chi connectivity index (χ0v) is 17.3. The van der Waals surface area contributed by atoms with Gasteiger partial charge in [0, 0.05) is 64.2 Å². The Balaban J connectivity index is 1.30. The highest BCUT2D eigenvalue weighted by atomic mass is 16.5. The minimum atomic E-state index is -0.700. The SMILES string of the molecule is O=C1CCC(Oc2cccc(C(=O)N3CCC(CN4CCNCC4)CC3)c2)C(=O)N1. The minimum absolute atomic E-state index is 0.00402. The third kappa shape index (κ3) is 5.17. The molecule has 3 heterocycles. The molecule has 162 valence electrons. The Labute approximate surface area is 176 Å². The molecule has 0 spiro atoms. The first kappa shape index (κ1) is 20.8. The van der Waals surface area contributed by atoms with Gasteiger partial charge in [0.2, 0.25) is 5.91 Å². The molecule has 0 aromatic heterocycles. The molecule has 1 aromatic carbocycles. The van der Waals surface area contributed by atoms with Gasteiger partial charge in [0.05, 0.1) is 0 Å². The number of carbonyl (C=O) groups excluding carboxylic acids is 3. The molecule has 0 aliphatic carbocycles. The third-order valence-corrected chi connectivity index (χ3v) is 6.18. The molecule has 2 N–H and O–H groups in total. The molecular formula is C22H30N4O4. The van der Waals surface area contributed by atoms with Gasteiger partial charge in [0.25, 0.3) is 11.8 Å². The van der Waals surface area contributed by atoms with E-state index in [9.17, 15) is 14.4 Å². The number of ether oxygens (including phenoxy) is 1. The second-order valence-corrected chi connectivity index (χ2v) is 8.37. The summed E-state index contributed by atoms with van der Waals surface area (Å²) >= 11 is 0. The largest absolute Gasteiger partial charge is 0.481 e. The van der Waals surface area contributed by atoms with E-state index in [0.717, 1.165) is 58.7 Å². The zero-order valence-electron chi connectivity index (χ0n) is 17.3. The number of carbonyl (C=O) groups is 3. The normalized spacial score (nSPS) is 23.9. The average Bonchev–Trinajstić information content (AvgIpc) is 2.77. The van der Waals surface area contributed by atoms with Crippen molar-refractivity contribution >= 4 is 17.7 Å². The van der Waals surface area contributed by atoms with Crippen LogP contribution in [-0.4, -0.2) is 79.4 Å². The van der Waals surface area contributed by atoms with Crippen LogP contribution < -0.4 is 15.4 Å². The molecule has 3 fully saturated rings. The van der Waals surface area contributed by atoms with E-state index in [2.05, 4.69) is 15.5 Å². The summed E-state index contributed by atoms with van der Waals surface area (Å²) in [5.74, 6) is 0.432. The van der Waals surface area contributed by atoms with Crippen molar-refractivity contribution in [3.05, 3.63) is 29.8 Å². The summed E-state index contributed by atoms with van der Waals surface area (Å²) in [7, 11) is 0. The van der Waals surface area contributed by atoms with Gasteiger partial charge in [-0.15, -0.1) is 0 Å². The predicted octanol–water partition coefficient (Wildman–Crippen LogP) is 0.628. The van der Waals surface area contributed by atoms with Gasteiger partial charge in [-0.3, -0.25) is 19.7 Å². The predicted molar refractivity (Wildman–Crippen MR) is 111 cm³/mol. The summed E-state index contributed by atoms with van der Waals surface area (Å²) in [6.45, 7) is 7.02. The van der Waals surface area contributed by atoms with Crippen molar-refractivity contribution < 1.29 is 19.1 Å². The van der Waals surface area contributed by atoms with E-state index in [1.807, 2.05) is 4.90 Å². The maximum absolute atomic E-state index is 13.0. The highest BCUT2D eigenvalue weighted by Gasteiger charge is 2.29. The summed E-state index contributed by atoms with van der Waals surface area (Å²) in [5, 5.41) is 5.67. The Kier molecular flexibility index (Phi) is 6.64. The number of nitrogens with zero attached hydrogens (tertiary/aromatic N) is 2.